The number of fused-ring (bicyclic) bond motifs is 2. The number of rotatable bonds is 3. The summed E-state index contributed by atoms with van der Waals surface area (Å²) in [5, 5.41) is 14.7. The Morgan fingerprint density at radius 2 is 2.25 bits per heavy atom. The zero-order valence-electron chi connectivity index (χ0n) is 13.5. The Bertz CT molecular complexity index is 734. The van der Waals surface area contributed by atoms with Gasteiger partial charge in [-0.3, -0.25) is 15.0 Å². The van der Waals surface area contributed by atoms with Crippen LogP contribution < -0.4 is 0 Å². The summed E-state index contributed by atoms with van der Waals surface area (Å²) in [7, 11) is 0. The highest BCUT2D eigenvalue weighted by Crippen LogP contribution is 2.40. The van der Waals surface area contributed by atoms with Crippen molar-refractivity contribution in [2.24, 2.45) is 0 Å². The predicted octanol–water partition coefficient (Wildman–Crippen LogP) is 1.02. The molecule has 0 aliphatic carbocycles. The number of nitrogens with zero attached hydrogens (tertiary/aromatic N) is 4. The van der Waals surface area contributed by atoms with Gasteiger partial charge in [0.05, 0.1) is 24.3 Å². The van der Waals surface area contributed by atoms with Crippen LogP contribution in [0, 0.1) is 6.92 Å². The van der Waals surface area contributed by atoms with Crippen molar-refractivity contribution >= 4 is 17.7 Å². The second-order valence-electron chi connectivity index (χ2n) is 6.24. The fourth-order valence-electron chi connectivity index (χ4n) is 3.44. The van der Waals surface area contributed by atoms with E-state index in [1.807, 2.05) is 18.0 Å². The van der Waals surface area contributed by atoms with Crippen molar-refractivity contribution in [3.05, 3.63) is 23.3 Å². The number of aromatic nitrogens is 5. The van der Waals surface area contributed by atoms with Crippen LogP contribution in [0.1, 0.15) is 29.9 Å². The molecule has 2 aliphatic rings. The number of amides is 1. The van der Waals surface area contributed by atoms with E-state index in [1.54, 1.807) is 0 Å². The Labute approximate surface area is 143 Å². The van der Waals surface area contributed by atoms with E-state index in [1.165, 1.54) is 17.3 Å². The molecule has 1 spiro atoms. The zero-order chi connectivity index (χ0) is 16.6. The van der Waals surface area contributed by atoms with Crippen LogP contribution in [0.25, 0.3) is 0 Å². The Morgan fingerprint density at radius 1 is 1.42 bits per heavy atom. The minimum atomic E-state index is -0.297. The molecule has 4 heterocycles. The fourth-order valence-corrected chi connectivity index (χ4v) is 4.19. The largest absolute Gasteiger partial charge is 0.368 e. The summed E-state index contributed by atoms with van der Waals surface area (Å²) in [6, 6.07) is 0. The van der Waals surface area contributed by atoms with E-state index in [0.717, 1.165) is 37.4 Å². The maximum Gasteiger partial charge on any atom is 0.233 e. The predicted molar refractivity (Wildman–Crippen MR) is 87.6 cm³/mol. The second kappa shape index (κ2) is 6.21. The molecule has 8 nitrogen and oxygen atoms in total. The van der Waals surface area contributed by atoms with Gasteiger partial charge in [-0.1, -0.05) is 11.8 Å². The minimum Gasteiger partial charge on any atom is -0.368 e. The highest BCUT2D eigenvalue weighted by molar-refractivity contribution is 7.99. The van der Waals surface area contributed by atoms with Crippen LogP contribution in [0.15, 0.2) is 11.4 Å². The highest BCUT2D eigenvalue weighted by Gasteiger charge is 2.43. The Kier molecular flexibility index (Phi) is 4.05. The highest BCUT2D eigenvalue weighted by atomic mass is 32.2. The average Bonchev–Trinajstić information content (AvgIpc) is 3.23. The SMILES string of the molecule is Cc1nc(SCC(=O)N2CCC3(CC2)OCCc2cn[nH]c23)n[nH]1. The molecule has 4 rings (SSSR count). The van der Waals surface area contributed by atoms with Crippen molar-refractivity contribution in [2.45, 2.75) is 36.9 Å². The van der Waals surface area contributed by atoms with Crippen LogP contribution >= 0.6 is 11.8 Å². The van der Waals surface area contributed by atoms with Crippen molar-refractivity contribution < 1.29 is 9.53 Å². The Hall–Kier alpha value is -1.87. The number of piperidine rings is 1. The first-order chi connectivity index (χ1) is 11.7. The fraction of sp³-hybridized carbons (Fsp3) is 0.600. The van der Waals surface area contributed by atoms with Gasteiger partial charge in [0.1, 0.15) is 11.4 Å². The molecule has 0 saturated carbocycles. The van der Waals surface area contributed by atoms with Gasteiger partial charge in [0.25, 0.3) is 0 Å². The maximum atomic E-state index is 12.4. The zero-order valence-corrected chi connectivity index (χ0v) is 14.4. The number of thioether (sulfide) groups is 1. The van der Waals surface area contributed by atoms with E-state index >= 15 is 0 Å². The van der Waals surface area contributed by atoms with Crippen molar-refractivity contribution in [3.63, 3.8) is 0 Å². The standard InChI is InChI=1S/C15H20N6O2S/c1-10-17-14(20-18-10)24-9-12(22)21-5-3-15(4-6-21)13-11(2-7-23-15)8-16-19-13/h8H,2-7,9H2,1H3,(H,16,19)(H,17,18,20). The molecule has 1 amide bonds. The minimum absolute atomic E-state index is 0.123. The number of aromatic amines is 2. The van der Waals surface area contributed by atoms with Crippen molar-refractivity contribution in [3.8, 4) is 0 Å². The van der Waals surface area contributed by atoms with Crippen molar-refractivity contribution in [1.82, 2.24) is 30.3 Å². The third kappa shape index (κ3) is 2.82. The van der Waals surface area contributed by atoms with Crippen molar-refractivity contribution in [1.29, 1.82) is 0 Å². The summed E-state index contributed by atoms with van der Waals surface area (Å²) in [4.78, 5) is 18.5. The van der Waals surface area contributed by atoms with Crippen LogP contribution in [0.3, 0.4) is 0 Å². The number of carbonyl (C=O) groups excluding carboxylic acids is 1. The number of carbonyl (C=O) groups is 1. The lowest BCUT2D eigenvalue weighted by atomic mass is 9.84. The third-order valence-corrected chi connectivity index (χ3v) is 5.58. The van der Waals surface area contributed by atoms with Gasteiger partial charge in [0.2, 0.25) is 11.1 Å². The average molecular weight is 348 g/mol. The molecule has 1 saturated heterocycles. The van der Waals surface area contributed by atoms with E-state index in [0.29, 0.717) is 24.0 Å². The maximum absolute atomic E-state index is 12.4. The first-order valence-electron chi connectivity index (χ1n) is 8.12. The van der Waals surface area contributed by atoms with Crippen molar-refractivity contribution in [2.75, 3.05) is 25.4 Å². The number of hydrogen-bond acceptors (Lipinski definition) is 6. The lowest BCUT2D eigenvalue weighted by molar-refractivity contribution is -0.138. The molecular weight excluding hydrogens is 328 g/mol. The molecule has 2 aromatic heterocycles. The Morgan fingerprint density at radius 3 is 3.00 bits per heavy atom. The van der Waals surface area contributed by atoms with E-state index in [-0.39, 0.29) is 11.5 Å². The first-order valence-corrected chi connectivity index (χ1v) is 9.11. The molecule has 0 radical (unpaired) electrons. The molecular formula is C15H20N6O2S. The molecule has 9 heteroatoms. The number of likely N-dealkylation sites (tertiary alicyclic amines) is 1. The summed E-state index contributed by atoms with van der Waals surface area (Å²) in [5.41, 5.74) is 2.05. The molecule has 1 fully saturated rings. The quantitative estimate of drug-likeness (QED) is 0.804. The van der Waals surface area contributed by atoms with E-state index in [2.05, 4.69) is 25.4 Å². The summed E-state index contributed by atoms with van der Waals surface area (Å²) in [5.74, 6) is 1.24. The van der Waals surface area contributed by atoms with Gasteiger partial charge in [-0.05, 0) is 31.7 Å². The summed E-state index contributed by atoms with van der Waals surface area (Å²) in [6.45, 7) is 3.97. The number of ether oxygens (including phenoxy) is 1. The Balaban J connectivity index is 1.36. The normalized spacial score (nSPS) is 19.5. The van der Waals surface area contributed by atoms with E-state index in [4.69, 9.17) is 4.74 Å². The van der Waals surface area contributed by atoms with Crippen LogP contribution in [0.4, 0.5) is 0 Å². The van der Waals surface area contributed by atoms with Crippen LogP contribution in [-0.2, 0) is 21.6 Å². The van der Waals surface area contributed by atoms with E-state index < -0.39 is 0 Å². The lowest BCUT2D eigenvalue weighted by Crippen LogP contribution is -2.48. The summed E-state index contributed by atoms with van der Waals surface area (Å²) < 4.78 is 6.11. The topological polar surface area (TPSA) is 99.8 Å². The van der Waals surface area contributed by atoms with Crippen LogP contribution in [0.5, 0.6) is 0 Å². The number of aryl methyl sites for hydroxylation is 1. The van der Waals surface area contributed by atoms with Gasteiger partial charge in [0.15, 0.2) is 0 Å². The molecule has 0 atom stereocenters. The van der Waals surface area contributed by atoms with E-state index in [9.17, 15) is 4.79 Å². The molecule has 2 aliphatic heterocycles. The number of hydrogen-bond donors (Lipinski definition) is 2. The van der Waals surface area contributed by atoms with Gasteiger partial charge in [0, 0.05) is 13.1 Å². The second-order valence-corrected chi connectivity index (χ2v) is 7.18. The van der Waals surface area contributed by atoms with Gasteiger partial charge in [-0.25, -0.2) is 4.98 Å². The van der Waals surface area contributed by atoms with Gasteiger partial charge >= 0.3 is 0 Å². The molecule has 24 heavy (non-hydrogen) atoms. The molecule has 0 unspecified atom stereocenters. The third-order valence-electron chi connectivity index (χ3n) is 4.75. The first kappa shape index (κ1) is 15.6. The molecule has 0 aromatic carbocycles. The van der Waals surface area contributed by atoms with Gasteiger partial charge in [-0.2, -0.15) is 5.10 Å². The molecule has 2 N–H and O–H groups in total. The van der Waals surface area contributed by atoms with Gasteiger partial charge < -0.3 is 9.64 Å². The summed E-state index contributed by atoms with van der Waals surface area (Å²) in [6.07, 6.45) is 4.41. The summed E-state index contributed by atoms with van der Waals surface area (Å²) >= 11 is 1.37. The van der Waals surface area contributed by atoms with Crippen LogP contribution in [0.2, 0.25) is 0 Å². The lowest BCUT2D eigenvalue weighted by Gasteiger charge is -2.43. The monoisotopic (exact) mass is 348 g/mol. The van der Waals surface area contributed by atoms with Crippen LogP contribution in [-0.4, -0.2) is 61.6 Å². The smallest absolute Gasteiger partial charge is 0.233 e. The number of H-pyrrole nitrogens is 2. The number of nitrogens with one attached hydrogen (secondary N) is 2. The van der Waals surface area contributed by atoms with Gasteiger partial charge in [-0.15, -0.1) is 5.10 Å². The molecule has 128 valence electrons. The molecule has 2 aromatic rings. The molecule has 0 bridgehead atoms.